The van der Waals surface area contributed by atoms with Crippen molar-refractivity contribution in [1.82, 2.24) is 0 Å². The third kappa shape index (κ3) is 2.73. The fourth-order valence-corrected chi connectivity index (χ4v) is 2.14. The first kappa shape index (κ1) is 12.3. The molecule has 2 aromatic rings. The van der Waals surface area contributed by atoms with Gasteiger partial charge in [-0.25, -0.2) is 0 Å². The third-order valence-corrected chi connectivity index (χ3v) is 3.34. The number of hydrogen-bond acceptors (Lipinski definition) is 2. The Balaban J connectivity index is 2.36. The second-order valence-corrected chi connectivity index (χ2v) is 4.99. The second kappa shape index (κ2) is 4.98. The zero-order valence-corrected chi connectivity index (χ0v) is 11.5. The van der Waals surface area contributed by atoms with Crippen LogP contribution in [0, 0.1) is 0 Å². The van der Waals surface area contributed by atoms with Crippen LogP contribution in [0.15, 0.2) is 46.9 Å². The van der Waals surface area contributed by atoms with Crippen LogP contribution in [-0.2, 0) is 0 Å². The molecule has 88 valence electrons. The van der Waals surface area contributed by atoms with Gasteiger partial charge in [-0.3, -0.25) is 0 Å². The number of nitrogens with zero attached hydrogens (tertiary/aromatic N) is 1. The molecule has 0 saturated heterocycles. The molecule has 1 N–H and O–H groups in total. The number of anilines is 2. The molecule has 0 aliphatic carbocycles. The minimum atomic E-state index is 0.169. The minimum Gasteiger partial charge on any atom is -0.508 e. The lowest BCUT2D eigenvalue weighted by Crippen LogP contribution is -2.09. The van der Waals surface area contributed by atoms with Gasteiger partial charge in [-0.2, -0.15) is 0 Å². The van der Waals surface area contributed by atoms with Gasteiger partial charge in [0, 0.05) is 23.3 Å². The average Bonchev–Trinajstić information content (AvgIpc) is 2.29. The topological polar surface area (TPSA) is 23.5 Å². The molecule has 0 aliphatic rings. The van der Waals surface area contributed by atoms with E-state index in [9.17, 15) is 5.11 Å². The molecule has 0 unspecified atom stereocenters. The Bertz CT molecular complexity index is 527. The fourth-order valence-electron chi connectivity index (χ4n) is 1.57. The van der Waals surface area contributed by atoms with Crippen LogP contribution in [0.2, 0.25) is 5.02 Å². The zero-order valence-electron chi connectivity index (χ0n) is 9.19. The van der Waals surface area contributed by atoms with Crippen molar-refractivity contribution in [2.45, 2.75) is 0 Å². The van der Waals surface area contributed by atoms with Gasteiger partial charge in [-0.1, -0.05) is 27.5 Å². The fraction of sp³-hybridized carbons (Fsp3) is 0.0769. The predicted molar refractivity (Wildman–Crippen MR) is 75.3 cm³/mol. The summed E-state index contributed by atoms with van der Waals surface area (Å²) in [5.41, 5.74) is 1.88. The average molecular weight is 313 g/mol. The molecule has 2 nitrogen and oxygen atoms in total. The zero-order chi connectivity index (χ0) is 12.4. The highest BCUT2D eigenvalue weighted by atomic mass is 79.9. The molecular weight excluding hydrogens is 302 g/mol. The summed E-state index contributed by atoms with van der Waals surface area (Å²) in [6.07, 6.45) is 0. The van der Waals surface area contributed by atoms with E-state index < -0.39 is 0 Å². The molecule has 0 amide bonds. The van der Waals surface area contributed by atoms with Gasteiger partial charge in [0.15, 0.2) is 0 Å². The Morgan fingerprint density at radius 2 is 1.76 bits per heavy atom. The van der Waals surface area contributed by atoms with Crippen molar-refractivity contribution in [3.05, 3.63) is 52.0 Å². The van der Waals surface area contributed by atoms with Crippen molar-refractivity contribution < 1.29 is 5.11 Å². The van der Waals surface area contributed by atoms with Crippen LogP contribution < -0.4 is 4.90 Å². The van der Waals surface area contributed by atoms with Gasteiger partial charge in [0.1, 0.15) is 5.75 Å². The highest BCUT2D eigenvalue weighted by molar-refractivity contribution is 9.10. The van der Waals surface area contributed by atoms with Crippen LogP contribution in [0.1, 0.15) is 0 Å². The number of benzene rings is 2. The molecule has 0 spiro atoms. The highest BCUT2D eigenvalue weighted by Gasteiger charge is 2.08. The van der Waals surface area contributed by atoms with Crippen molar-refractivity contribution >= 4 is 38.9 Å². The molecule has 2 aromatic carbocycles. The summed E-state index contributed by atoms with van der Waals surface area (Å²) < 4.78 is 1.03. The molecule has 17 heavy (non-hydrogen) atoms. The van der Waals surface area contributed by atoms with Crippen LogP contribution in [0.5, 0.6) is 5.75 Å². The van der Waals surface area contributed by atoms with Crippen molar-refractivity contribution in [2.24, 2.45) is 0 Å². The van der Waals surface area contributed by atoms with Gasteiger partial charge in [-0.15, -0.1) is 0 Å². The van der Waals surface area contributed by atoms with Gasteiger partial charge in [0.05, 0.1) is 10.7 Å². The molecule has 0 aliphatic heterocycles. The van der Waals surface area contributed by atoms with Crippen molar-refractivity contribution in [2.75, 3.05) is 11.9 Å². The normalized spacial score (nSPS) is 10.3. The molecule has 2 rings (SSSR count). The Labute approximate surface area is 114 Å². The molecular formula is C13H11BrClNO. The largest absolute Gasteiger partial charge is 0.508 e. The first-order valence-corrected chi connectivity index (χ1v) is 6.23. The van der Waals surface area contributed by atoms with Gasteiger partial charge in [0.25, 0.3) is 0 Å². The maximum absolute atomic E-state index is 9.32. The quantitative estimate of drug-likeness (QED) is 0.877. The Hall–Kier alpha value is -1.19. The minimum absolute atomic E-state index is 0.169. The lowest BCUT2D eigenvalue weighted by atomic mass is 10.2. The van der Waals surface area contributed by atoms with E-state index in [1.165, 1.54) is 6.07 Å². The number of halogens is 2. The first-order chi connectivity index (χ1) is 8.08. The monoisotopic (exact) mass is 311 g/mol. The molecule has 0 saturated carbocycles. The summed E-state index contributed by atoms with van der Waals surface area (Å²) in [5, 5.41) is 9.84. The standard InChI is InChI=1S/C13H11BrClNO/c1-16(10-4-2-9(14)3-5-10)13-7-6-11(17)8-12(13)15/h2-8,17H,1H3. The van der Waals surface area contributed by atoms with E-state index >= 15 is 0 Å². The maximum Gasteiger partial charge on any atom is 0.117 e. The van der Waals surface area contributed by atoms with E-state index in [4.69, 9.17) is 11.6 Å². The molecule has 0 bridgehead atoms. The van der Waals surface area contributed by atoms with Crippen LogP contribution in [0.4, 0.5) is 11.4 Å². The Morgan fingerprint density at radius 3 is 2.35 bits per heavy atom. The summed E-state index contributed by atoms with van der Waals surface area (Å²) >= 11 is 9.49. The number of rotatable bonds is 2. The van der Waals surface area contributed by atoms with Crippen molar-refractivity contribution in [3.8, 4) is 5.75 Å². The maximum atomic E-state index is 9.32. The number of phenolic OH excluding ortho intramolecular Hbond substituents is 1. The lowest BCUT2D eigenvalue weighted by molar-refractivity contribution is 0.475. The van der Waals surface area contributed by atoms with E-state index in [-0.39, 0.29) is 5.75 Å². The van der Waals surface area contributed by atoms with Crippen molar-refractivity contribution in [3.63, 3.8) is 0 Å². The van der Waals surface area contributed by atoms with Crippen LogP contribution in [-0.4, -0.2) is 12.2 Å². The van der Waals surface area contributed by atoms with Gasteiger partial charge >= 0.3 is 0 Å². The van der Waals surface area contributed by atoms with Crippen LogP contribution in [0.3, 0.4) is 0 Å². The Morgan fingerprint density at radius 1 is 1.12 bits per heavy atom. The van der Waals surface area contributed by atoms with E-state index in [0.29, 0.717) is 5.02 Å². The highest BCUT2D eigenvalue weighted by Crippen LogP contribution is 2.33. The molecule has 0 radical (unpaired) electrons. The summed E-state index contributed by atoms with van der Waals surface area (Å²) in [6, 6.07) is 12.9. The third-order valence-electron chi connectivity index (χ3n) is 2.51. The molecule has 0 aromatic heterocycles. The lowest BCUT2D eigenvalue weighted by Gasteiger charge is -2.20. The van der Waals surface area contributed by atoms with E-state index in [1.807, 2.05) is 36.2 Å². The summed E-state index contributed by atoms with van der Waals surface area (Å²) in [6.45, 7) is 0. The SMILES string of the molecule is CN(c1ccc(Br)cc1)c1ccc(O)cc1Cl. The van der Waals surface area contributed by atoms with E-state index in [2.05, 4.69) is 15.9 Å². The Kier molecular flexibility index (Phi) is 3.60. The molecule has 4 heteroatoms. The number of aromatic hydroxyl groups is 1. The molecule has 0 atom stereocenters. The van der Waals surface area contributed by atoms with Gasteiger partial charge < -0.3 is 10.0 Å². The second-order valence-electron chi connectivity index (χ2n) is 3.67. The predicted octanol–water partition coefficient (Wildman–Crippen LogP) is 4.58. The van der Waals surface area contributed by atoms with Crippen LogP contribution in [0.25, 0.3) is 0 Å². The summed E-state index contributed by atoms with van der Waals surface area (Å²) in [4.78, 5) is 1.97. The van der Waals surface area contributed by atoms with Crippen molar-refractivity contribution in [1.29, 1.82) is 0 Å². The number of hydrogen-bond donors (Lipinski definition) is 1. The summed E-state index contributed by atoms with van der Waals surface area (Å²) in [7, 11) is 1.93. The van der Waals surface area contributed by atoms with E-state index in [1.54, 1.807) is 12.1 Å². The van der Waals surface area contributed by atoms with Gasteiger partial charge in [-0.05, 0) is 36.4 Å². The van der Waals surface area contributed by atoms with Crippen LogP contribution >= 0.6 is 27.5 Å². The van der Waals surface area contributed by atoms with Gasteiger partial charge in [0.2, 0.25) is 0 Å². The van der Waals surface area contributed by atoms with E-state index in [0.717, 1.165) is 15.8 Å². The smallest absolute Gasteiger partial charge is 0.117 e. The molecule has 0 heterocycles. The molecule has 0 fully saturated rings. The summed E-state index contributed by atoms with van der Waals surface area (Å²) in [5.74, 6) is 0.169. The number of phenols is 1. The first-order valence-electron chi connectivity index (χ1n) is 5.06.